The lowest BCUT2D eigenvalue weighted by Gasteiger charge is -2.33. The van der Waals surface area contributed by atoms with Crippen molar-refractivity contribution in [2.45, 2.75) is 44.4 Å². The Hall–Kier alpha value is -2.04. The van der Waals surface area contributed by atoms with Gasteiger partial charge in [0.15, 0.2) is 0 Å². The van der Waals surface area contributed by atoms with Crippen LogP contribution in [0.4, 0.5) is 0 Å². The molecule has 0 bridgehead atoms. The fourth-order valence-electron chi connectivity index (χ4n) is 3.98. The van der Waals surface area contributed by atoms with E-state index in [2.05, 4.69) is 12.1 Å². The molecule has 1 heterocycles. The highest BCUT2D eigenvalue weighted by Crippen LogP contribution is 2.36. The van der Waals surface area contributed by atoms with Crippen LogP contribution < -0.4 is 10.5 Å². The Labute approximate surface area is 143 Å². The predicted molar refractivity (Wildman–Crippen MR) is 91.8 cm³/mol. The van der Waals surface area contributed by atoms with E-state index in [0.29, 0.717) is 38.3 Å². The lowest BCUT2D eigenvalue weighted by Crippen LogP contribution is -2.42. The smallest absolute Gasteiger partial charge is 0.223 e. The molecule has 3 rings (SSSR count). The molecule has 5 heteroatoms. The summed E-state index contributed by atoms with van der Waals surface area (Å²) in [6, 6.07) is 6.20. The first-order valence-corrected chi connectivity index (χ1v) is 8.82. The number of ether oxygens (including phenoxy) is 1. The molecule has 1 aliphatic heterocycles. The number of hydrogen-bond acceptors (Lipinski definition) is 3. The van der Waals surface area contributed by atoms with E-state index in [1.54, 1.807) is 7.11 Å². The summed E-state index contributed by atoms with van der Waals surface area (Å²) in [4.78, 5) is 25.8. The van der Waals surface area contributed by atoms with Crippen LogP contribution in [0.2, 0.25) is 0 Å². The van der Waals surface area contributed by atoms with Crippen molar-refractivity contribution in [1.82, 2.24) is 4.90 Å². The highest BCUT2D eigenvalue weighted by atomic mass is 16.5. The summed E-state index contributed by atoms with van der Waals surface area (Å²) in [5.74, 6) is 1.07. The van der Waals surface area contributed by atoms with Gasteiger partial charge >= 0.3 is 0 Å². The summed E-state index contributed by atoms with van der Waals surface area (Å²) in [5, 5.41) is 0. The molecule has 2 N–H and O–H groups in total. The van der Waals surface area contributed by atoms with E-state index in [9.17, 15) is 9.59 Å². The maximum Gasteiger partial charge on any atom is 0.223 e. The lowest BCUT2D eigenvalue weighted by atomic mass is 9.80. The van der Waals surface area contributed by atoms with Crippen LogP contribution in [0.3, 0.4) is 0 Å². The molecule has 1 aromatic carbocycles. The first-order chi connectivity index (χ1) is 11.6. The van der Waals surface area contributed by atoms with Crippen LogP contribution in [-0.2, 0) is 16.0 Å². The first-order valence-electron chi connectivity index (χ1n) is 8.82. The van der Waals surface area contributed by atoms with E-state index in [1.165, 1.54) is 11.1 Å². The van der Waals surface area contributed by atoms with Crippen LogP contribution in [0, 0.1) is 5.92 Å². The van der Waals surface area contributed by atoms with Gasteiger partial charge < -0.3 is 15.4 Å². The number of carbonyl (C=O) groups is 2. The fraction of sp³-hybridized carbons (Fsp3) is 0.579. The zero-order valence-electron chi connectivity index (χ0n) is 14.3. The molecule has 1 saturated heterocycles. The third-order valence-electron chi connectivity index (χ3n) is 5.46. The number of fused-ring (bicyclic) bond motifs is 1. The third-order valence-corrected chi connectivity index (χ3v) is 5.46. The largest absolute Gasteiger partial charge is 0.497 e. The average Bonchev–Trinajstić information content (AvgIpc) is 2.61. The molecule has 0 aromatic heterocycles. The summed E-state index contributed by atoms with van der Waals surface area (Å²) in [7, 11) is 1.68. The standard InChI is InChI=1S/C19H26N2O3/c1-24-16-5-6-17-14(11-16)3-2-4-15(17)12-18(22)21-9-7-13(8-10-21)19(20)23/h5-6,11,13,15H,2-4,7-10,12H2,1H3,(H2,20,23)/t15-/m0/s1. The summed E-state index contributed by atoms with van der Waals surface area (Å²) >= 11 is 0. The van der Waals surface area contributed by atoms with Crippen molar-refractivity contribution in [3.63, 3.8) is 0 Å². The van der Waals surface area contributed by atoms with Crippen LogP contribution in [0.25, 0.3) is 0 Å². The predicted octanol–water partition coefficient (Wildman–Crippen LogP) is 2.23. The van der Waals surface area contributed by atoms with Crippen molar-refractivity contribution in [2.75, 3.05) is 20.2 Å². The Bertz CT molecular complexity index is 621. The van der Waals surface area contributed by atoms with Crippen LogP contribution >= 0.6 is 0 Å². The molecular formula is C19H26N2O3. The Balaban J connectivity index is 1.63. The van der Waals surface area contributed by atoms with Crippen LogP contribution in [0.5, 0.6) is 5.75 Å². The molecule has 0 radical (unpaired) electrons. The van der Waals surface area contributed by atoms with E-state index in [0.717, 1.165) is 25.0 Å². The number of methoxy groups -OCH3 is 1. The fourth-order valence-corrected chi connectivity index (χ4v) is 3.98. The van der Waals surface area contributed by atoms with Crippen molar-refractivity contribution in [2.24, 2.45) is 11.7 Å². The van der Waals surface area contributed by atoms with Gasteiger partial charge in [-0.05, 0) is 61.3 Å². The zero-order valence-corrected chi connectivity index (χ0v) is 14.3. The second kappa shape index (κ2) is 7.24. The average molecular weight is 330 g/mol. The van der Waals surface area contributed by atoms with Gasteiger partial charge in [0.2, 0.25) is 11.8 Å². The van der Waals surface area contributed by atoms with E-state index in [-0.39, 0.29) is 17.7 Å². The monoisotopic (exact) mass is 330 g/mol. The number of hydrogen-bond donors (Lipinski definition) is 1. The Kier molecular flexibility index (Phi) is 5.07. The molecule has 1 aliphatic carbocycles. The van der Waals surface area contributed by atoms with Gasteiger partial charge in [-0.15, -0.1) is 0 Å². The molecule has 2 amide bonds. The maximum atomic E-state index is 12.7. The van der Waals surface area contributed by atoms with Gasteiger partial charge in [-0.3, -0.25) is 9.59 Å². The number of amides is 2. The van der Waals surface area contributed by atoms with Crippen LogP contribution in [0.1, 0.15) is 49.1 Å². The van der Waals surface area contributed by atoms with Gasteiger partial charge in [0, 0.05) is 25.4 Å². The van der Waals surface area contributed by atoms with Crippen molar-refractivity contribution < 1.29 is 14.3 Å². The minimum absolute atomic E-state index is 0.0723. The third kappa shape index (κ3) is 3.55. The Morgan fingerprint density at radius 3 is 2.67 bits per heavy atom. The van der Waals surface area contributed by atoms with Gasteiger partial charge in [-0.2, -0.15) is 0 Å². The number of carbonyl (C=O) groups excluding carboxylic acids is 2. The molecule has 0 unspecified atom stereocenters. The minimum atomic E-state index is -0.239. The number of nitrogens with zero attached hydrogens (tertiary/aromatic N) is 1. The van der Waals surface area contributed by atoms with Crippen molar-refractivity contribution >= 4 is 11.8 Å². The number of rotatable bonds is 4. The summed E-state index contributed by atoms with van der Waals surface area (Å²) in [5.41, 5.74) is 7.97. The first kappa shape index (κ1) is 16.8. The molecule has 1 aromatic rings. The maximum absolute atomic E-state index is 12.7. The quantitative estimate of drug-likeness (QED) is 0.920. The molecule has 1 atom stereocenters. The number of likely N-dealkylation sites (tertiary alicyclic amines) is 1. The van der Waals surface area contributed by atoms with Gasteiger partial charge in [0.25, 0.3) is 0 Å². The number of benzene rings is 1. The number of aryl methyl sites for hydroxylation is 1. The van der Waals surface area contributed by atoms with Crippen LogP contribution in [-0.4, -0.2) is 36.9 Å². The molecule has 2 aliphatic rings. The highest BCUT2D eigenvalue weighted by molar-refractivity contribution is 5.79. The molecule has 0 spiro atoms. The van der Waals surface area contributed by atoms with E-state index >= 15 is 0 Å². The van der Waals surface area contributed by atoms with Gasteiger partial charge in [0.05, 0.1) is 7.11 Å². The van der Waals surface area contributed by atoms with Gasteiger partial charge in [-0.25, -0.2) is 0 Å². The van der Waals surface area contributed by atoms with Gasteiger partial charge in [-0.1, -0.05) is 6.07 Å². The topological polar surface area (TPSA) is 72.6 Å². The molecule has 1 fully saturated rings. The Morgan fingerprint density at radius 2 is 2.00 bits per heavy atom. The number of nitrogens with two attached hydrogens (primary N) is 1. The van der Waals surface area contributed by atoms with Crippen LogP contribution in [0.15, 0.2) is 18.2 Å². The number of primary amides is 1. The normalized spacial score (nSPS) is 21.2. The summed E-state index contributed by atoms with van der Waals surface area (Å²) in [6.07, 6.45) is 5.17. The van der Waals surface area contributed by atoms with E-state index in [1.807, 2.05) is 11.0 Å². The second-order valence-corrected chi connectivity index (χ2v) is 6.92. The van der Waals surface area contributed by atoms with Crippen molar-refractivity contribution in [3.05, 3.63) is 29.3 Å². The molecule has 24 heavy (non-hydrogen) atoms. The van der Waals surface area contributed by atoms with E-state index in [4.69, 9.17) is 10.5 Å². The number of piperidine rings is 1. The van der Waals surface area contributed by atoms with Crippen molar-refractivity contribution in [1.29, 1.82) is 0 Å². The SMILES string of the molecule is COc1ccc2c(c1)CCC[C@H]2CC(=O)N1CCC(C(N)=O)CC1. The molecule has 5 nitrogen and oxygen atoms in total. The van der Waals surface area contributed by atoms with E-state index < -0.39 is 0 Å². The lowest BCUT2D eigenvalue weighted by molar-refractivity contribution is -0.135. The highest BCUT2D eigenvalue weighted by Gasteiger charge is 2.29. The minimum Gasteiger partial charge on any atom is -0.497 e. The Morgan fingerprint density at radius 1 is 1.25 bits per heavy atom. The molecule has 130 valence electrons. The summed E-state index contributed by atoms with van der Waals surface area (Å²) < 4.78 is 5.31. The second-order valence-electron chi connectivity index (χ2n) is 6.92. The summed E-state index contributed by atoms with van der Waals surface area (Å²) in [6.45, 7) is 1.29. The van der Waals surface area contributed by atoms with Gasteiger partial charge in [0.1, 0.15) is 5.75 Å². The zero-order chi connectivity index (χ0) is 17.1. The molecular weight excluding hydrogens is 304 g/mol. The van der Waals surface area contributed by atoms with Crippen molar-refractivity contribution in [3.8, 4) is 5.75 Å². The molecule has 0 saturated carbocycles.